The lowest BCUT2D eigenvalue weighted by Gasteiger charge is -2.12. The zero-order valence-corrected chi connectivity index (χ0v) is 12.1. The molecule has 0 amide bonds. The predicted molar refractivity (Wildman–Crippen MR) is 75.2 cm³/mol. The highest BCUT2D eigenvalue weighted by atomic mass is 35.5. The fourth-order valence-electron chi connectivity index (χ4n) is 1.93. The summed E-state index contributed by atoms with van der Waals surface area (Å²) in [6.45, 7) is 3.47. The van der Waals surface area contributed by atoms with Crippen molar-refractivity contribution in [1.82, 2.24) is 0 Å². The molecule has 0 radical (unpaired) electrons. The van der Waals surface area contributed by atoms with Crippen LogP contribution in [0.1, 0.15) is 32.3 Å². The highest BCUT2D eigenvalue weighted by Gasteiger charge is 2.23. The average molecular weight is 283 g/mol. The van der Waals surface area contributed by atoms with E-state index in [0.29, 0.717) is 18.1 Å². The molecule has 0 aliphatic rings. The molecule has 0 spiro atoms. The normalized spacial score (nSPS) is 11.9. The van der Waals surface area contributed by atoms with Gasteiger partial charge in [-0.1, -0.05) is 23.7 Å². The highest BCUT2D eigenvalue weighted by Crippen LogP contribution is 2.16. The minimum atomic E-state index is -0.640. The van der Waals surface area contributed by atoms with Crippen LogP contribution >= 0.6 is 11.6 Å². The van der Waals surface area contributed by atoms with Crippen molar-refractivity contribution in [2.24, 2.45) is 5.92 Å². The second-order valence-electron chi connectivity index (χ2n) is 4.44. The first-order valence-electron chi connectivity index (χ1n) is 6.46. The Morgan fingerprint density at radius 1 is 1.37 bits per heavy atom. The van der Waals surface area contributed by atoms with E-state index in [1.54, 1.807) is 6.92 Å². The number of ketones is 1. The van der Waals surface area contributed by atoms with Gasteiger partial charge in [0.1, 0.15) is 11.7 Å². The summed E-state index contributed by atoms with van der Waals surface area (Å²) < 4.78 is 4.91. The maximum atomic E-state index is 11.6. The van der Waals surface area contributed by atoms with Crippen molar-refractivity contribution in [3.05, 3.63) is 34.9 Å². The van der Waals surface area contributed by atoms with E-state index in [9.17, 15) is 9.59 Å². The molecule has 4 heteroatoms. The number of carbonyl (C=O) groups is 2. The molecule has 3 nitrogen and oxygen atoms in total. The van der Waals surface area contributed by atoms with Crippen molar-refractivity contribution < 1.29 is 14.3 Å². The largest absolute Gasteiger partial charge is 0.465 e. The van der Waals surface area contributed by atoms with Gasteiger partial charge in [0.15, 0.2) is 0 Å². The molecule has 0 heterocycles. The lowest BCUT2D eigenvalue weighted by molar-refractivity contribution is -0.151. The average Bonchev–Trinajstić information content (AvgIpc) is 2.34. The lowest BCUT2D eigenvalue weighted by Crippen LogP contribution is -2.24. The quantitative estimate of drug-likeness (QED) is 0.568. The zero-order chi connectivity index (χ0) is 14.3. The second-order valence-corrected chi connectivity index (χ2v) is 4.87. The van der Waals surface area contributed by atoms with Crippen LogP contribution in [0.2, 0.25) is 5.02 Å². The van der Waals surface area contributed by atoms with Crippen LogP contribution < -0.4 is 0 Å². The van der Waals surface area contributed by atoms with Gasteiger partial charge in [0.25, 0.3) is 0 Å². The number of hydrogen-bond acceptors (Lipinski definition) is 3. The first-order valence-corrected chi connectivity index (χ1v) is 6.84. The molecule has 0 aromatic heterocycles. The van der Waals surface area contributed by atoms with Crippen LogP contribution in [0, 0.1) is 5.92 Å². The fraction of sp³-hybridized carbons (Fsp3) is 0.467. The summed E-state index contributed by atoms with van der Waals surface area (Å²) in [5.41, 5.74) is 1.11. The molecule has 19 heavy (non-hydrogen) atoms. The molecule has 0 bridgehead atoms. The maximum Gasteiger partial charge on any atom is 0.316 e. The smallest absolute Gasteiger partial charge is 0.316 e. The molecule has 1 rings (SSSR count). The SMILES string of the molecule is CCOC(=O)C(CCCc1cccc(Cl)c1)C(C)=O. The van der Waals surface area contributed by atoms with Gasteiger partial charge in [-0.3, -0.25) is 9.59 Å². The minimum Gasteiger partial charge on any atom is -0.465 e. The van der Waals surface area contributed by atoms with E-state index in [4.69, 9.17) is 16.3 Å². The van der Waals surface area contributed by atoms with Crippen molar-refractivity contribution in [2.75, 3.05) is 6.61 Å². The summed E-state index contributed by atoms with van der Waals surface area (Å²) in [6.07, 6.45) is 2.06. The number of benzene rings is 1. The Balaban J connectivity index is 2.49. The van der Waals surface area contributed by atoms with Gasteiger partial charge < -0.3 is 4.74 Å². The molecule has 104 valence electrons. The molecule has 0 aliphatic carbocycles. The molecule has 1 aromatic carbocycles. The van der Waals surface area contributed by atoms with Crippen molar-refractivity contribution in [3.63, 3.8) is 0 Å². The molecule has 0 N–H and O–H groups in total. The number of aryl methyl sites for hydroxylation is 1. The molecule has 0 aliphatic heterocycles. The van der Waals surface area contributed by atoms with Gasteiger partial charge in [-0.2, -0.15) is 0 Å². The number of Topliss-reactive ketones (excluding diaryl/α,β-unsaturated/α-hetero) is 1. The van der Waals surface area contributed by atoms with E-state index in [1.165, 1.54) is 6.92 Å². The monoisotopic (exact) mass is 282 g/mol. The van der Waals surface area contributed by atoms with E-state index < -0.39 is 11.9 Å². The van der Waals surface area contributed by atoms with Gasteiger partial charge in [0.05, 0.1) is 6.61 Å². The predicted octanol–water partition coefficient (Wildman–Crippen LogP) is 3.43. The third kappa shape index (κ3) is 5.43. The van der Waals surface area contributed by atoms with Crippen molar-refractivity contribution in [2.45, 2.75) is 33.1 Å². The lowest BCUT2D eigenvalue weighted by atomic mass is 9.96. The van der Waals surface area contributed by atoms with E-state index in [-0.39, 0.29) is 5.78 Å². The van der Waals surface area contributed by atoms with Crippen LogP contribution in [0.15, 0.2) is 24.3 Å². The van der Waals surface area contributed by atoms with Crippen molar-refractivity contribution in [3.8, 4) is 0 Å². The number of hydrogen-bond donors (Lipinski definition) is 0. The molecule has 1 aromatic rings. The van der Waals surface area contributed by atoms with E-state index in [0.717, 1.165) is 18.4 Å². The molecule has 0 saturated carbocycles. The molecule has 0 saturated heterocycles. The third-order valence-electron chi connectivity index (χ3n) is 2.91. The standard InChI is InChI=1S/C15H19ClO3/c1-3-19-15(18)14(11(2)17)9-5-7-12-6-4-8-13(16)10-12/h4,6,8,10,14H,3,5,7,9H2,1-2H3. The van der Waals surface area contributed by atoms with Crippen LogP contribution in [-0.4, -0.2) is 18.4 Å². The summed E-state index contributed by atoms with van der Waals surface area (Å²) in [5.74, 6) is -1.19. The van der Waals surface area contributed by atoms with Crippen molar-refractivity contribution >= 4 is 23.4 Å². The zero-order valence-electron chi connectivity index (χ0n) is 11.3. The molecular weight excluding hydrogens is 264 g/mol. The van der Waals surface area contributed by atoms with E-state index >= 15 is 0 Å². The van der Waals surface area contributed by atoms with E-state index in [2.05, 4.69) is 0 Å². The molecule has 0 fully saturated rings. The van der Waals surface area contributed by atoms with Gasteiger partial charge in [0, 0.05) is 5.02 Å². The highest BCUT2D eigenvalue weighted by molar-refractivity contribution is 6.30. The summed E-state index contributed by atoms with van der Waals surface area (Å²) in [6, 6.07) is 7.60. The second kappa shape index (κ2) is 7.95. The van der Waals surface area contributed by atoms with Crippen molar-refractivity contribution in [1.29, 1.82) is 0 Å². The van der Waals surface area contributed by atoms with E-state index in [1.807, 2.05) is 24.3 Å². The van der Waals surface area contributed by atoms with Crippen LogP contribution in [0.4, 0.5) is 0 Å². The van der Waals surface area contributed by atoms with Crippen LogP contribution in [0.3, 0.4) is 0 Å². The summed E-state index contributed by atoms with van der Waals surface area (Å²) in [7, 11) is 0. The van der Waals surface area contributed by atoms with Crippen LogP contribution in [0.25, 0.3) is 0 Å². The molecule has 1 atom stereocenters. The maximum absolute atomic E-state index is 11.6. The number of carbonyl (C=O) groups excluding carboxylic acids is 2. The Kier molecular flexibility index (Phi) is 6.57. The number of esters is 1. The summed E-state index contributed by atoms with van der Waals surface area (Å²) in [5, 5.41) is 0.700. The van der Waals surface area contributed by atoms with Gasteiger partial charge in [-0.15, -0.1) is 0 Å². The fourth-order valence-corrected chi connectivity index (χ4v) is 2.15. The first-order chi connectivity index (χ1) is 9.04. The summed E-state index contributed by atoms with van der Waals surface area (Å²) >= 11 is 5.90. The van der Waals surface area contributed by atoms with Crippen LogP contribution in [0.5, 0.6) is 0 Å². The molecule has 1 unspecified atom stereocenters. The Hall–Kier alpha value is -1.35. The minimum absolute atomic E-state index is 0.135. The number of rotatable bonds is 7. The molecular formula is C15H19ClO3. The van der Waals surface area contributed by atoms with Gasteiger partial charge >= 0.3 is 5.97 Å². The Morgan fingerprint density at radius 2 is 2.11 bits per heavy atom. The van der Waals surface area contributed by atoms with Gasteiger partial charge in [-0.05, 0) is 50.8 Å². The number of halogens is 1. The summed E-state index contributed by atoms with van der Waals surface area (Å²) in [4.78, 5) is 23.1. The van der Waals surface area contributed by atoms with Gasteiger partial charge in [0.2, 0.25) is 0 Å². The van der Waals surface area contributed by atoms with Gasteiger partial charge in [-0.25, -0.2) is 0 Å². The Morgan fingerprint density at radius 3 is 2.68 bits per heavy atom. The third-order valence-corrected chi connectivity index (χ3v) is 3.14. The van der Waals surface area contributed by atoms with Crippen LogP contribution in [-0.2, 0) is 20.7 Å². The first kappa shape index (κ1) is 15.7. The Bertz CT molecular complexity index is 443. The Labute approximate surface area is 118 Å². The number of ether oxygens (including phenoxy) is 1. The topological polar surface area (TPSA) is 43.4 Å².